The van der Waals surface area contributed by atoms with Crippen molar-refractivity contribution in [2.24, 2.45) is 0 Å². The van der Waals surface area contributed by atoms with Crippen molar-refractivity contribution in [1.82, 2.24) is 0 Å². The van der Waals surface area contributed by atoms with Crippen LogP contribution in [0.15, 0.2) is 0 Å². The Morgan fingerprint density at radius 3 is 2.00 bits per heavy atom. The van der Waals surface area contributed by atoms with Gasteiger partial charge in [0.25, 0.3) is 0 Å². The largest absolute Gasteiger partial charge is 1.00 e. The van der Waals surface area contributed by atoms with Crippen LogP contribution < -0.4 is 23.8 Å². The minimum Gasteiger partial charge on any atom is -0.566 e. The number of hydrogen-bond acceptors (Lipinski definition) is 3. The Hall–Kier alpha value is 0.617. The fourth-order valence-corrected chi connectivity index (χ4v) is 0.516. The third kappa shape index (κ3) is 9.79. The van der Waals surface area contributed by atoms with Crippen molar-refractivity contribution < 1.29 is 32.8 Å². The standard InChI is InChI=1S/C3H7O3P.Li/c1-3(2)6-7(4)5;/h3H,1-2H3;/q;+1. The van der Waals surface area contributed by atoms with Gasteiger partial charge in [-0.3, -0.25) is 0 Å². The Bertz CT molecular complexity index is 74.9. The van der Waals surface area contributed by atoms with Gasteiger partial charge in [0.15, 0.2) is 0 Å². The van der Waals surface area contributed by atoms with Gasteiger partial charge < -0.3 is 4.89 Å². The summed E-state index contributed by atoms with van der Waals surface area (Å²) in [6, 6.07) is 0. The summed E-state index contributed by atoms with van der Waals surface area (Å²) in [7, 11) is -2.64. The zero-order chi connectivity index (χ0) is 5.86. The molecule has 3 nitrogen and oxygen atoms in total. The van der Waals surface area contributed by atoms with Gasteiger partial charge in [-0.25, -0.2) is 0 Å². The molecule has 0 aliphatic heterocycles. The van der Waals surface area contributed by atoms with Gasteiger partial charge in [-0.1, -0.05) is 0 Å². The Labute approximate surface area is 61.6 Å². The fourth-order valence-electron chi connectivity index (χ4n) is 0.172. The van der Waals surface area contributed by atoms with Crippen LogP contribution in [0.1, 0.15) is 13.8 Å². The first-order valence-electron chi connectivity index (χ1n) is 1.94. The molecular formula is C3H7LiO3P+. The number of rotatable bonds is 2. The molecule has 1 atom stereocenters. The van der Waals surface area contributed by atoms with E-state index in [1.807, 2.05) is 0 Å². The van der Waals surface area contributed by atoms with Crippen LogP contribution in [0.2, 0.25) is 0 Å². The average molecular weight is 129 g/mol. The van der Waals surface area contributed by atoms with E-state index in [0.717, 1.165) is 0 Å². The quantitative estimate of drug-likeness (QED) is 0.304. The van der Waals surface area contributed by atoms with Crippen molar-refractivity contribution >= 4 is 8.25 Å². The molecule has 0 fully saturated rings. The van der Waals surface area contributed by atoms with Crippen molar-refractivity contribution in [3.8, 4) is 0 Å². The molecule has 0 amide bonds. The van der Waals surface area contributed by atoms with E-state index in [1.54, 1.807) is 13.8 Å². The van der Waals surface area contributed by atoms with Crippen LogP contribution in [-0.2, 0) is 9.09 Å². The van der Waals surface area contributed by atoms with Crippen LogP contribution >= 0.6 is 8.25 Å². The van der Waals surface area contributed by atoms with Crippen molar-refractivity contribution in [3.63, 3.8) is 0 Å². The van der Waals surface area contributed by atoms with E-state index < -0.39 is 8.25 Å². The predicted octanol–water partition coefficient (Wildman–Crippen LogP) is -2.57. The molecule has 0 N–H and O–H groups in total. The molecule has 5 heteroatoms. The van der Waals surface area contributed by atoms with E-state index in [4.69, 9.17) is 0 Å². The molecule has 0 aliphatic rings. The van der Waals surface area contributed by atoms with E-state index in [9.17, 15) is 9.46 Å². The van der Waals surface area contributed by atoms with Gasteiger partial charge in [0.1, 0.15) is 6.10 Å². The zero-order valence-corrected chi connectivity index (χ0v) is 6.14. The average Bonchev–Trinajstić information content (AvgIpc) is 1.27. The molecule has 0 aromatic rings. The maximum atomic E-state index is 9.62. The summed E-state index contributed by atoms with van der Waals surface area (Å²) in [6.07, 6.45) is -0.221. The first-order chi connectivity index (χ1) is 3.13. The summed E-state index contributed by atoms with van der Waals surface area (Å²) < 4.78 is 13.8. The Balaban J connectivity index is 0. The zero-order valence-electron chi connectivity index (χ0n) is 5.25. The molecule has 0 saturated carbocycles. The van der Waals surface area contributed by atoms with E-state index in [-0.39, 0.29) is 25.0 Å². The van der Waals surface area contributed by atoms with Gasteiger partial charge in [0.2, 0.25) is 0 Å². The van der Waals surface area contributed by atoms with Gasteiger partial charge in [-0.15, -0.1) is 4.52 Å². The van der Waals surface area contributed by atoms with Gasteiger partial charge in [-0.05, 0) is 18.4 Å². The third-order valence-corrected chi connectivity index (χ3v) is 0.891. The third-order valence-electron chi connectivity index (χ3n) is 0.297. The molecule has 0 heterocycles. The van der Waals surface area contributed by atoms with Crippen molar-refractivity contribution in [1.29, 1.82) is 0 Å². The molecule has 0 saturated heterocycles. The Morgan fingerprint density at radius 2 is 2.00 bits per heavy atom. The Kier molecular flexibility index (Phi) is 8.21. The van der Waals surface area contributed by atoms with E-state index >= 15 is 0 Å². The van der Waals surface area contributed by atoms with Crippen LogP contribution in [0.25, 0.3) is 0 Å². The minimum atomic E-state index is -2.64. The first kappa shape index (κ1) is 11.4. The maximum absolute atomic E-state index is 9.62. The van der Waals surface area contributed by atoms with Gasteiger partial charge in [0.05, 0.1) is 0 Å². The van der Waals surface area contributed by atoms with E-state index in [0.29, 0.717) is 0 Å². The first-order valence-corrected chi connectivity index (χ1v) is 3.03. The topological polar surface area (TPSA) is 49.4 Å². The summed E-state index contributed by atoms with van der Waals surface area (Å²) >= 11 is 0. The minimum absolute atomic E-state index is 0. The van der Waals surface area contributed by atoms with Crippen molar-refractivity contribution in [3.05, 3.63) is 0 Å². The van der Waals surface area contributed by atoms with E-state index in [2.05, 4.69) is 4.52 Å². The molecule has 42 valence electrons. The second-order valence-electron chi connectivity index (χ2n) is 1.38. The molecule has 0 radical (unpaired) electrons. The Morgan fingerprint density at radius 1 is 1.62 bits per heavy atom. The summed E-state index contributed by atoms with van der Waals surface area (Å²) in [5, 5.41) is 0. The van der Waals surface area contributed by atoms with Crippen LogP contribution in [-0.4, -0.2) is 6.10 Å². The molecule has 8 heavy (non-hydrogen) atoms. The predicted molar refractivity (Wildman–Crippen MR) is 23.8 cm³/mol. The van der Waals surface area contributed by atoms with Crippen molar-refractivity contribution in [2.75, 3.05) is 0 Å². The summed E-state index contributed by atoms with van der Waals surface area (Å²) in [6.45, 7) is 3.32. The molecule has 0 aliphatic carbocycles. The molecule has 0 bridgehead atoms. The fraction of sp³-hybridized carbons (Fsp3) is 1.00. The molecular weight excluding hydrogens is 122 g/mol. The van der Waals surface area contributed by atoms with Crippen LogP contribution in [0.4, 0.5) is 0 Å². The molecule has 1 unspecified atom stereocenters. The smallest absolute Gasteiger partial charge is 0.566 e. The SMILES string of the molecule is CC(C)O[P+](=O)[O-].[Li+]. The molecule has 0 rings (SSSR count). The van der Waals surface area contributed by atoms with Crippen LogP contribution in [0.3, 0.4) is 0 Å². The van der Waals surface area contributed by atoms with Gasteiger partial charge in [-0.2, -0.15) is 0 Å². The second-order valence-corrected chi connectivity index (χ2v) is 2.04. The monoisotopic (exact) mass is 129 g/mol. The molecule has 0 aromatic heterocycles. The molecule has 0 aromatic carbocycles. The maximum Gasteiger partial charge on any atom is 1.00 e. The number of hydrogen-bond donors (Lipinski definition) is 0. The van der Waals surface area contributed by atoms with Gasteiger partial charge >= 0.3 is 27.1 Å². The summed E-state index contributed by atoms with van der Waals surface area (Å²) in [5.74, 6) is 0. The summed E-state index contributed by atoms with van der Waals surface area (Å²) in [4.78, 5) is 9.62. The van der Waals surface area contributed by atoms with Crippen molar-refractivity contribution in [2.45, 2.75) is 20.0 Å². The normalized spacial score (nSPS) is 10.8. The second kappa shape index (κ2) is 5.75. The van der Waals surface area contributed by atoms with E-state index in [1.165, 1.54) is 0 Å². The molecule has 0 spiro atoms. The van der Waals surface area contributed by atoms with Crippen LogP contribution in [0.5, 0.6) is 0 Å². The van der Waals surface area contributed by atoms with Crippen LogP contribution in [0, 0.1) is 0 Å². The summed E-state index contributed by atoms with van der Waals surface area (Å²) in [5.41, 5.74) is 0. The van der Waals surface area contributed by atoms with Gasteiger partial charge in [0, 0.05) is 0 Å².